The molecule has 6 heteroatoms. The van der Waals surface area contributed by atoms with Gasteiger partial charge in [-0.05, 0) is 61.3 Å². The minimum atomic E-state index is -0.535. The number of Topliss-reactive ketones (excluding diaryl/α,β-unsaturated/α-hetero) is 1. The molecular formula is C24H32ClNO4. The number of unbranched alkanes of at least 4 members (excludes halogenated alkanes) is 1. The lowest BCUT2D eigenvalue weighted by Crippen LogP contribution is -2.47. The highest BCUT2D eigenvalue weighted by atomic mass is 35.5. The molecule has 5 nitrogen and oxygen atoms in total. The number of ether oxygens (including phenoxy) is 2. The molecule has 0 radical (unpaired) electrons. The number of methoxy groups -OCH3 is 1. The molecule has 2 aliphatic rings. The van der Waals surface area contributed by atoms with E-state index in [4.69, 9.17) is 21.1 Å². The Hall–Kier alpha value is -1.85. The number of rotatable bonds is 8. The maximum atomic E-state index is 12.8. The summed E-state index contributed by atoms with van der Waals surface area (Å²) in [5, 5.41) is 0.715. The van der Waals surface area contributed by atoms with Crippen LogP contribution in [0.25, 0.3) is 0 Å². The Morgan fingerprint density at radius 1 is 1.27 bits per heavy atom. The molecule has 0 amide bonds. The van der Waals surface area contributed by atoms with Crippen molar-refractivity contribution in [3.63, 3.8) is 0 Å². The zero-order valence-corrected chi connectivity index (χ0v) is 19.1. The number of ketones is 1. The fourth-order valence-corrected chi connectivity index (χ4v) is 4.95. The smallest absolute Gasteiger partial charge is 0.343 e. The fourth-order valence-electron chi connectivity index (χ4n) is 4.57. The maximum Gasteiger partial charge on any atom is 0.343 e. The predicted octanol–water partition coefficient (Wildman–Crippen LogP) is 4.65. The van der Waals surface area contributed by atoms with Crippen molar-refractivity contribution in [2.45, 2.75) is 65.0 Å². The third-order valence-corrected chi connectivity index (χ3v) is 6.38. The third-order valence-electron chi connectivity index (χ3n) is 6.07. The normalized spacial score (nSPS) is 20.7. The standard InChI is InChI=1S/C24H32ClNO4/c1-5-30-24(28)18-14-26-20(15(2)3)12-17-10-16(8-6-7-9-29-4)11-19(25)23(17)21(26)13-22(18)27/h10-11,14-15,20-21H,5-9,12-13H2,1-4H3. The Morgan fingerprint density at radius 3 is 2.70 bits per heavy atom. The number of hydrogen-bond acceptors (Lipinski definition) is 5. The summed E-state index contributed by atoms with van der Waals surface area (Å²) >= 11 is 6.76. The van der Waals surface area contributed by atoms with E-state index < -0.39 is 5.97 Å². The summed E-state index contributed by atoms with van der Waals surface area (Å²) in [4.78, 5) is 27.2. The first kappa shape index (κ1) is 22.8. The van der Waals surface area contributed by atoms with Crippen LogP contribution in [0.4, 0.5) is 0 Å². The number of fused-ring (bicyclic) bond motifs is 3. The van der Waals surface area contributed by atoms with Crippen molar-refractivity contribution in [3.05, 3.63) is 45.6 Å². The second-order valence-corrected chi connectivity index (χ2v) is 8.88. The van der Waals surface area contributed by atoms with Crippen LogP contribution in [0, 0.1) is 5.92 Å². The summed E-state index contributed by atoms with van der Waals surface area (Å²) in [6.07, 6.45) is 5.84. The number of nitrogens with zero attached hydrogens (tertiary/aromatic N) is 1. The van der Waals surface area contributed by atoms with Crippen LogP contribution in [0.2, 0.25) is 5.02 Å². The summed E-state index contributed by atoms with van der Waals surface area (Å²) in [5.74, 6) is -0.353. The van der Waals surface area contributed by atoms with Crippen molar-refractivity contribution in [3.8, 4) is 0 Å². The van der Waals surface area contributed by atoms with Crippen LogP contribution in [-0.2, 0) is 31.9 Å². The van der Waals surface area contributed by atoms with Gasteiger partial charge in [0.05, 0.1) is 12.6 Å². The van der Waals surface area contributed by atoms with Crippen LogP contribution in [0.5, 0.6) is 0 Å². The van der Waals surface area contributed by atoms with E-state index in [0.29, 0.717) is 10.9 Å². The van der Waals surface area contributed by atoms with Crippen LogP contribution in [0.3, 0.4) is 0 Å². The molecule has 0 aromatic heterocycles. The summed E-state index contributed by atoms with van der Waals surface area (Å²) in [6, 6.07) is 4.35. The molecule has 3 rings (SSSR count). The Balaban J connectivity index is 1.95. The highest BCUT2D eigenvalue weighted by Gasteiger charge is 2.41. The van der Waals surface area contributed by atoms with Gasteiger partial charge in [-0.1, -0.05) is 31.5 Å². The Labute approximate surface area is 184 Å². The molecule has 2 aliphatic heterocycles. The molecule has 0 spiro atoms. The molecule has 0 bridgehead atoms. The van der Waals surface area contributed by atoms with E-state index >= 15 is 0 Å². The van der Waals surface area contributed by atoms with Gasteiger partial charge in [-0.2, -0.15) is 0 Å². The average Bonchev–Trinajstić information content (AvgIpc) is 2.69. The van der Waals surface area contributed by atoms with Gasteiger partial charge in [0.15, 0.2) is 5.78 Å². The van der Waals surface area contributed by atoms with Gasteiger partial charge >= 0.3 is 5.97 Å². The second kappa shape index (κ2) is 9.97. The summed E-state index contributed by atoms with van der Waals surface area (Å²) in [6.45, 7) is 7.12. The van der Waals surface area contributed by atoms with Gasteiger partial charge < -0.3 is 14.4 Å². The third kappa shape index (κ3) is 4.73. The molecule has 0 saturated carbocycles. The molecule has 0 fully saturated rings. The van der Waals surface area contributed by atoms with Crippen LogP contribution < -0.4 is 0 Å². The summed E-state index contributed by atoms with van der Waals surface area (Å²) in [7, 11) is 1.72. The Bertz CT molecular complexity index is 833. The first-order valence-corrected chi connectivity index (χ1v) is 11.2. The van der Waals surface area contributed by atoms with Crippen LogP contribution in [0.15, 0.2) is 23.9 Å². The average molecular weight is 434 g/mol. The molecule has 1 aromatic carbocycles. The monoisotopic (exact) mass is 433 g/mol. The van der Waals surface area contributed by atoms with Gasteiger partial charge in [-0.25, -0.2) is 4.79 Å². The minimum Gasteiger partial charge on any atom is -0.462 e. The highest BCUT2D eigenvalue weighted by Crippen LogP contribution is 2.44. The molecule has 30 heavy (non-hydrogen) atoms. The van der Waals surface area contributed by atoms with E-state index in [9.17, 15) is 9.59 Å². The van der Waals surface area contributed by atoms with Crippen LogP contribution in [0.1, 0.15) is 62.8 Å². The molecule has 164 valence electrons. The molecule has 0 aliphatic carbocycles. The van der Waals surface area contributed by atoms with E-state index in [0.717, 1.165) is 37.9 Å². The van der Waals surface area contributed by atoms with Crippen molar-refractivity contribution in [1.82, 2.24) is 4.90 Å². The number of benzene rings is 1. The van der Waals surface area contributed by atoms with Crippen molar-refractivity contribution < 1.29 is 19.1 Å². The van der Waals surface area contributed by atoms with Gasteiger partial charge in [-0.15, -0.1) is 0 Å². The van der Waals surface area contributed by atoms with Crippen molar-refractivity contribution in [1.29, 1.82) is 0 Å². The number of carbonyl (C=O) groups is 2. The number of hydrogen-bond donors (Lipinski definition) is 0. The number of aryl methyl sites for hydroxylation is 1. The van der Waals surface area contributed by atoms with Gasteiger partial charge in [0, 0.05) is 37.4 Å². The number of carbonyl (C=O) groups excluding carboxylic acids is 2. The molecule has 0 saturated heterocycles. The lowest BCUT2D eigenvalue weighted by atomic mass is 9.79. The SMILES string of the molecule is CCOC(=O)C1=CN2C(CC1=O)c1c(Cl)cc(CCCCOC)cc1CC2C(C)C. The summed E-state index contributed by atoms with van der Waals surface area (Å²) < 4.78 is 10.2. The summed E-state index contributed by atoms with van der Waals surface area (Å²) in [5.41, 5.74) is 3.63. The Morgan fingerprint density at radius 2 is 2.03 bits per heavy atom. The molecule has 0 N–H and O–H groups in total. The topological polar surface area (TPSA) is 55.8 Å². The zero-order valence-electron chi connectivity index (χ0n) is 18.4. The quantitative estimate of drug-likeness (QED) is 0.339. The van der Waals surface area contributed by atoms with E-state index in [1.54, 1.807) is 20.2 Å². The van der Waals surface area contributed by atoms with Gasteiger partial charge in [0.2, 0.25) is 0 Å². The van der Waals surface area contributed by atoms with E-state index in [1.165, 1.54) is 11.1 Å². The molecule has 1 aromatic rings. The van der Waals surface area contributed by atoms with Gasteiger partial charge in [-0.3, -0.25) is 4.79 Å². The van der Waals surface area contributed by atoms with E-state index in [-0.39, 0.29) is 36.5 Å². The van der Waals surface area contributed by atoms with Gasteiger partial charge in [0.1, 0.15) is 5.57 Å². The van der Waals surface area contributed by atoms with E-state index in [1.807, 2.05) is 6.07 Å². The van der Waals surface area contributed by atoms with Crippen molar-refractivity contribution >= 4 is 23.4 Å². The number of esters is 1. The highest BCUT2D eigenvalue weighted by molar-refractivity contribution is 6.31. The maximum absolute atomic E-state index is 12.8. The zero-order chi connectivity index (χ0) is 21.8. The largest absolute Gasteiger partial charge is 0.462 e. The Kier molecular flexibility index (Phi) is 7.59. The second-order valence-electron chi connectivity index (χ2n) is 8.47. The van der Waals surface area contributed by atoms with E-state index in [2.05, 4.69) is 24.8 Å². The lowest BCUT2D eigenvalue weighted by Gasteiger charge is -2.47. The minimum absolute atomic E-state index is 0.137. The predicted molar refractivity (Wildman–Crippen MR) is 118 cm³/mol. The molecule has 2 unspecified atom stereocenters. The van der Waals surface area contributed by atoms with Crippen LogP contribution in [-0.4, -0.2) is 43.0 Å². The van der Waals surface area contributed by atoms with Gasteiger partial charge in [0.25, 0.3) is 0 Å². The number of halogens is 1. The fraction of sp³-hybridized carbons (Fsp3) is 0.583. The van der Waals surface area contributed by atoms with Crippen molar-refractivity contribution in [2.75, 3.05) is 20.3 Å². The van der Waals surface area contributed by atoms with Crippen LogP contribution >= 0.6 is 11.6 Å². The molecule has 2 atom stereocenters. The lowest BCUT2D eigenvalue weighted by molar-refractivity contribution is -0.140. The first-order valence-electron chi connectivity index (χ1n) is 10.9. The first-order chi connectivity index (χ1) is 14.4. The van der Waals surface area contributed by atoms with Crippen molar-refractivity contribution in [2.24, 2.45) is 5.92 Å². The molecular weight excluding hydrogens is 402 g/mol. The molecule has 2 heterocycles.